The van der Waals surface area contributed by atoms with Gasteiger partial charge < -0.3 is 4.74 Å². The first-order valence-electron chi connectivity index (χ1n) is 10.1. The number of hydrogen-bond donors (Lipinski definition) is 0. The summed E-state index contributed by atoms with van der Waals surface area (Å²) in [6, 6.07) is 25.4. The minimum Gasteiger partial charge on any atom is -0.457 e. The molecule has 0 saturated heterocycles. The molecule has 4 aromatic rings. The molecule has 0 fully saturated rings. The maximum absolute atomic E-state index is 13.1. The van der Waals surface area contributed by atoms with E-state index in [1.807, 2.05) is 54.6 Å². The summed E-state index contributed by atoms with van der Waals surface area (Å²) in [7, 11) is 0.418. The molecule has 34 heavy (non-hydrogen) atoms. The van der Waals surface area contributed by atoms with E-state index in [1.54, 1.807) is 12.1 Å². The van der Waals surface area contributed by atoms with Gasteiger partial charge in [0.2, 0.25) is 0 Å². The fourth-order valence-electron chi connectivity index (χ4n) is 3.34. The van der Waals surface area contributed by atoms with Crippen LogP contribution in [0.1, 0.15) is 11.1 Å². The van der Waals surface area contributed by atoms with Crippen molar-refractivity contribution in [2.75, 3.05) is 0 Å². The Hall–Kier alpha value is -3.31. The lowest BCUT2D eigenvalue weighted by Gasteiger charge is -2.15. The molecule has 0 spiro atoms. The summed E-state index contributed by atoms with van der Waals surface area (Å²) in [6.07, 6.45) is -9.88. The van der Waals surface area contributed by atoms with Gasteiger partial charge in [0.15, 0.2) is 0 Å². The molecule has 4 aromatic carbocycles. The standard InChI is InChI=1S/C26H17F6OP/c27-25(28,29)18-14-19(26(30,31)32)16-21(15-18)33-20-12-10-17(11-13-20)23-8-4-5-9-24(23)34-22-6-2-1-3-7-22/h1-16,34H. The molecule has 0 bridgehead atoms. The van der Waals surface area contributed by atoms with E-state index in [2.05, 4.69) is 0 Å². The zero-order valence-electron chi connectivity index (χ0n) is 17.4. The summed E-state index contributed by atoms with van der Waals surface area (Å²) in [5, 5.41) is 2.27. The lowest BCUT2D eigenvalue weighted by atomic mass is 10.1. The molecular weight excluding hydrogens is 473 g/mol. The maximum Gasteiger partial charge on any atom is 0.416 e. The van der Waals surface area contributed by atoms with E-state index < -0.39 is 29.2 Å². The first-order valence-corrected chi connectivity index (χ1v) is 11.1. The van der Waals surface area contributed by atoms with E-state index in [1.165, 1.54) is 17.4 Å². The Labute approximate surface area is 193 Å². The first-order chi connectivity index (χ1) is 16.1. The maximum atomic E-state index is 13.1. The molecule has 174 valence electrons. The Morgan fingerprint density at radius 2 is 1.12 bits per heavy atom. The normalized spacial score (nSPS) is 12.3. The predicted molar refractivity (Wildman–Crippen MR) is 122 cm³/mol. The number of halogens is 6. The van der Waals surface area contributed by atoms with Crippen LogP contribution >= 0.6 is 8.58 Å². The van der Waals surface area contributed by atoms with Gasteiger partial charge in [0.1, 0.15) is 11.5 Å². The summed E-state index contributed by atoms with van der Waals surface area (Å²) in [5.74, 6) is -0.417. The van der Waals surface area contributed by atoms with Crippen molar-refractivity contribution in [1.82, 2.24) is 0 Å². The third-order valence-electron chi connectivity index (χ3n) is 4.94. The fraction of sp³-hybridized carbons (Fsp3) is 0.0769. The van der Waals surface area contributed by atoms with Crippen LogP contribution < -0.4 is 15.3 Å². The second kappa shape index (κ2) is 9.51. The van der Waals surface area contributed by atoms with Crippen molar-refractivity contribution in [1.29, 1.82) is 0 Å². The lowest BCUT2D eigenvalue weighted by Crippen LogP contribution is -2.11. The molecular formula is C26H17F6OP. The zero-order valence-corrected chi connectivity index (χ0v) is 18.4. The molecule has 1 nitrogen and oxygen atoms in total. The SMILES string of the molecule is FC(F)(F)c1cc(Oc2ccc(-c3ccccc3Pc3ccccc3)cc2)cc(C(F)(F)F)c1. The first kappa shape index (κ1) is 23.8. The van der Waals surface area contributed by atoms with Gasteiger partial charge in [-0.2, -0.15) is 26.3 Å². The van der Waals surface area contributed by atoms with Gasteiger partial charge in [0.05, 0.1) is 11.1 Å². The number of rotatable bonds is 5. The van der Waals surface area contributed by atoms with Crippen molar-refractivity contribution in [3.05, 3.63) is 108 Å². The number of hydrogen-bond acceptors (Lipinski definition) is 1. The Kier molecular flexibility index (Phi) is 6.67. The monoisotopic (exact) mass is 490 g/mol. The van der Waals surface area contributed by atoms with Crippen LogP contribution in [0.5, 0.6) is 11.5 Å². The molecule has 0 aliphatic carbocycles. The van der Waals surface area contributed by atoms with E-state index in [9.17, 15) is 26.3 Å². The molecule has 0 amide bonds. The average molecular weight is 490 g/mol. The summed E-state index contributed by atoms with van der Waals surface area (Å²) >= 11 is 0. The van der Waals surface area contributed by atoms with Crippen LogP contribution in [-0.2, 0) is 12.4 Å². The summed E-state index contributed by atoms with van der Waals surface area (Å²) in [5.41, 5.74) is -1.02. The topological polar surface area (TPSA) is 9.23 Å². The lowest BCUT2D eigenvalue weighted by molar-refractivity contribution is -0.143. The smallest absolute Gasteiger partial charge is 0.416 e. The second-order valence-corrected chi connectivity index (χ2v) is 8.77. The molecule has 1 unspecified atom stereocenters. The van der Waals surface area contributed by atoms with Gasteiger partial charge in [-0.3, -0.25) is 0 Å². The van der Waals surface area contributed by atoms with Crippen LogP contribution in [0.15, 0.2) is 97.1 Å². The van der Waals surface area contributed by atoms with Crippen LogP contribution in [0, 0.1) is 0 Å². The van der Waals surface area contributed by atoms with E-state index in [-0.39, 0.29) is 11.8 Å². The molecule has 0 aliphatic rings. The van der Waals surface area contributed by atoms with Crippen LogP contribution in [0.4, 0.5) is 26.3 Å². The minimum atomic E-state index is -4.94. The van der Waals surface area contributed by atoms with Gasteiger partial charge in [0.25, 0.3) is 0 Å². The minimum absolute atomic E-state index is 0.0698. The van der Waals surface area contributed by atoms with Crippen LogP contribution in [0.3, 0.4) is 0 Å². The third-order valence-corrected chi connectivity index (χ3v) is 6.27. The molecule has 0 N–H and O–H groups in total. The Bertz CT molecular complexity index is 1230. The molecule has 1 atom stereocenters. The van der Waals surface area contributed by atoms with Crippen molar-refractivity contribution in [2.45, 2.75) is 12.4 Å². The van der Waals surface area contributed by atoms with E-state index >= 15 is 0 Å². The van der Waals surface area contributed by atoms with Crippen molar-refractivity contribution < 1.29 is 31.1 Å². The number of benzene rings is 4. The highest BCUT2D eigenvalue weighted by Crippen LogP contribution is 2.39. The summed E-state index contributed by atoms with van der Waals surface area (Å²) in [4.78, 5) is 0. The van der Waals surface area contributed by atoms with E-state index in [0.29, 0.717) is 20.7 Å². The van der Waals surface area contributed by atoms with Gasteiger partial charge in [-0.05, 0) is 52.1 Å². The second-order valence-electron chi connectivity index (χ2n) is 7.40. The Morgan fingerprint density at radius 3 is 1.71 bits per heavy atom. The molecule has 4 rings (SSSR count). The van der Waals surface area contributed by atoms with Gasteiger partial charge in [-0.1, -0.05) is 75.3 Å². The van der Waals surface area contributed by atoms with Crippen molar-refractivity contribution in [2.24, 2.45) is 0 Å². The molecule has 0 radical (unpaired) electrons. The molecule has 0 heterocycles. The highest BCUT2D eigenvalue weighted by Gasteiger charge is 2.37. The number of alkyl halides is 6. The van der Waals surface area contributed by atoms with Crippen molar-refractivity contribution in [3.8, 4) is 22.6 Å². The molecule has 0 aliphatic heterocycles. The third kappa shape index (κ3) is 5.78. The van der Waals surface area contributed by atoms with Gasteiger partial charge in [-0.25, -0.2) is 0 Å². The average Bonchev–Trinajstić information content (AvgIpc) is 2.79. The quantitative estimate of drug-likeness (QED) is 0.205. The van der Waals surface area contributed by atoms with Crippen molar-refractivity contribution >= 4 is 19.2 Å². The predicted octanol–water partition coefficient (Wildman–Crippen LogP) is 7.81. The summed E-state index contributed by atoms with van der Waals surface area (Å²) < 4.78 is 83.9. The van der Waals surface area contributed by atoms with Gasteiger partial charge in [0, 0.05) is 0 Å². The Balaban J connectivity index is 1.60. The van der Waals surface area contributed by atoms with Crippen LogP contribution in [-0.4, -0.2) is 0 Å². The van der Waals surface area contributed by atoms with Crippen molar-refractivity contribution in [3.63, 3.8) is 0 Å². The highest BCUT2D eigenvalue weighted by molar-refractivity contribution is 7.55. The van der Waals surface area contributed by atoms with Crippen LogP contribution in [0.25, 0.3) is 11.1 Å². The van der Waals surface area contributed by atoms with Crippen LogP contribution in [0.2, 0.25) is 0 Å². The van der Waals surface area contributed by atoms with Gasteiger partial charge >= 0.3 is 12.4 Å². The number of ether oxygens (including phenoxy) is 1. The highest BCUT2D eigenvalue weighted by atomic mass is 31.1. The molecule has 8 heteroatoms. The molecule has 0 saturated carbocycles. The largest absolute Gasteiger partial charge is 0.457 e. The van der Waals surface area contributed by atoms with Gasteiger partial charge in [-0.15, -0.1) is 0 Å². The van der Waals surface area contributed by atoms with E-state index in [4.69, 9.17) is 4.74 Å². The molecule has 0 aromatic heterocycles. The zero-order chi connectivity index (χ0) is 24.3. The Morgan fingerprint density at radius 1 is 0.559 bits per heavy atom. The van der Waals surface area contributed by atoms with E-state index in [0.717, 1.165) is 16.4 Å². The fourth-order valence-corrected chi connectivity index (χ4v) is 4.56. The summed E-state index contributed by atoms with van der Waals surface area (Å²) in [6.45, 7) is 0.